The zero-order chi connectivity index (χ0) is 13.8. The average molecular weight is 303 g/mol. The third kappa shape index (κ3) is 3.17. The van der Waals surface area contributed by atoms with Crippen LogP contribution in [0.1, 0.15) is 17.2 Å². The molecular formula is C16H15ClN2S. The summed E-state index contributed by atoms with van der Waals surface area (Å²) in [7, 11) is 0. The third-order valence-corrected chi connectivity index (χ3v) is 4.63. The lowest BCUT2D eigenvalue weighted by molar-refractivity contribution is 0.748. The van der Waals surface area contributed by atoms with Crippen molar-refractivity contribution in [3.63, 3.8) is 0 Å². The van der Waals surface area contributed by atoms with Gasteiger partial charge in [-0.3, -0.25) is 4.99 Å². The maximum atomic E-state index is 6.14. The molecule has 0 bridgehead atoms. The minimum atomic E-state index is 0.353. The Bertz CT molecular complexity index is 613. The summed E-state index contributed by atoms with van der Waals surface area (Å²) in [5, 5.41) is 5.24. The smallest absolute Gasteiger partial charge is 0.157 e. The number of hydrogen-bond acceptors (Lipinski definition) is 2. The van der Waals surface area contributed by atoms with Crippen molar-refractivity contribution < 1.29 is 0 Å². The maximum Gasteiger partial charge on any atom is 0.157 e. The van der Waals surface area contributed by atoms with Gasteiger partial charge in [-0.15, -0.1) is 0 Å². The molecule has 1 aliphatic rings. The fourth-order valence-corrected chi connectivity index (χ4v) is 3.31. The molecule has 1 N–H and O–H groups in total. The Morgan fingerprint density at radius 2 is 1.85 bits per heavy atom. The number of nitrogens with zero attached hydrogens (tertiary/aromatic N) is 1. The molecule has 1 aliphatic heterocycles. The molecule has 0 spiro atoms. The lowest BCUT2D eigenvalue weighted by Gasteiger charge is -2.09. The van der Waals surface area contributed by atoms with Crippen LogP contribution in [0.2, 0.25) is 5.02 Å². The number of benzene rings is 2. The summed E-state index contributed by atoms with van der Waals surface area (Å²) >= 11 is 7.90. The molecule has 0 aliphatic carbocycles. The molecule has 3 rings (SSSR count). The van der Waals surface area contributed by atoms with Crippen LogP contribution in [-0.4, -0.2) is 10.9 Å². The molecule has 1 fully saturated rings. The summed E-state index contributed by atoms with van der Waals surface area (Å²) < 4.78 is 0. The molecule has 1 heterocycles. The van der Waals surface area contributed by atoms with E-state index in [2.05, 4.69) is 34.6 Å². The van der Waals surface area contributed by atoms with Gasteiger partial charge in [-0.1, -0.05) is 71.9 Å². The molecule has 2 aromatic carbocycles. The fourth-order valence-electron chi connectivity index (χ4n) is 2.13. The predicted octanol–water partition coefficient (Wildman–Crippen LogP) is 4.27. The van der Waals surface area contributed by atoms with Gasteiger partial charge in [-0.2, -0.15) is 0 Å². The number of thioether (sulfide) groups is 1. The van der Waals surface area contributed by atoms with E-state index in [4.69, 9.17) is 11.6 Å². The van der Waals surface area contributed by atoms with Crippen LogP contribution in [0, 0.1) is 0 Å². The molecule has 0 saturated carbocycles. The van der Waals surface area contributed by atoms with Crippen LogP contribution >= 0.6 is 23.4 Å². The van der Waals surface area contributed by atoms with Crippen LogP contribution in [-0.2, 0) is 6.54 Å². The third-order valence-electron chi connectivity index (χ3n) is 3.24. The van der Waals surface area contributed by atoms with Gasteiger partial charge >= 0.3 is 0 Å². The van der Waals surface area contributed by atoms with Gasteiger partial charge in [0.05, 0.1) is 12.6 Å². The van der Waals surface area contributed by atoms with E-state index >= 15 is 0 Å². The molecule has 2 nitrogen and oxygen atoms in total. The highest BCUT2D eigenvalue weighted by atomic mass is 35.5. The Labute approximate surface area is 128 Å². The van der Waals surface area contributed by atoms with E-state index in [1.54, 1.807) is 11.8 Å². The van der Waals surface area contributed by atoms with E-state index in [0.717, 1.165) is 21.5 Å². The summed E-state index contributed by atoms with van der Waals surface area (Å²) in [5.41, 5.74) is 2.37. The molecule has 1 unspecified atom stereocenters. The lowest BCUT2D eigenvalue weighted by Crippen LogP contribution is -2.19. The minimum Gasteiger partial charge on any atom is -0.357 e. The first-order chi connectivity index (χ1) is 9.83. The highest BCUT2D eigenvalue weighted by Gasteiger charge is 2.21. The van der Waals surface area contributed by atoms with Crippen LogP contribution in [0.15, 0.2) is 59.6 Å². The van der Waals surface area contributed by atoms with E-state index in [9.17, 15) is 0 Å². The van der Waals surface area contributed by atoms with Crippen LogP contribution in [0.25, 0.3) is 0 Å². The van der Waals surface area contributed by atoms with Gasteiger partial charge in [0.1, 0.15) is 0 Å². The molecular weight excluding hydrogens is 288 g/mol. The number of aliphatic imine (C=N–C) groups is 1. The van der Waals surface area contributed by atoms with Crippen molar-refractivity contribution >= 4 is 28.5 Å². The SMILES string of the molecule is Clc1ccccc1CN=C1NC(c2ccccc2)CS1. The summed E-state index contributed by atoms with van der Waals surface area (Å²) in [5.74, 6) is 1.02. The number of halogens is 1. The summed E-state index contributed by atoms with van der Waals surface area (Å²) in [6.45, 7) is 0.622. The number of nitrogens with one attached hydrogen (secondary N) is 1. The number of rotatable bonds is 3. The number of hydrogen-bond donors (Lipinski definition) is 1. The van der Waals surface area contributed by atoms with Gasteiger partial charge in [0, 0.05) is 10.8 Å². The summed E-state index contributed by atoms with van der Waals surface area (Å²) in [4.78, 5) is 4.61. The van der Waals surface area contributed by atoms with Crippen LogP contribution in [0.3, 0.4) is 0 Å². The van der Waals surface area contributed by atoms with Gasteiger partial charge in [0.2, 0.25) is 0 Å². The van der Waals surface area contributed by atoms with E-state index < -0.39 is 0 Å². The highest BCUT2D eigenvalue weighted by molar-refractivity contribution is 8.14. The van der Waals surface area contributed by atoms with E-state index in [-0.39, 0.29) is 0 Å². The molecule has 4 heteroatoms. The topological polar surface area (TPSA) is 24.4 Å². The van der Waals surface area contributed by atoms with Crippen molar-refractivity contribution in [1.29, 1.82) is 0 Å². The Morgan fingerprint density at radius 3 is 2.65 bits per heavy atom. The average Bonchev–Trinajstić information content (AvgIpc) is 2.96. The molecule has 0 aromatic heterocycles. The first-order valence-electron chi connectivity index (χ1n) is 6.55. The first-order valence-corrected chi connectivity index (χ1v) is 7.91. The second-order valence-electron chi connectivity index (χ2n) is 4.63. The van der Waals surface area contributed by atoms with Crippen molar-refractivity contribution in [2.24, 2.45) is 4.99 Å². The molecule has 0 amide bonds. The van der Waals surface area contributed by atoms with Gasteiger partial charge in [-0.05, 0) is 17.2 Å². The van der Waals surface area contributed by atoms with Crippen molar-refractivity contribution in [2.45, 2.75) is 12.6 Å². The minimum absolute atomic E-state index is 0.353. The molecule has 20 heavy (non-hydrogen) atoms. The molecule has 0 radical (unpaired) electrons. The Balaban J connectivity index is 1.66. The maximum absolute atomic E-state index is 6.14. The van der Waals surface area contributed by atoms with Crippen LogP contribution in [0.4, 0.5) is 0 Å². The second-order valence-corrected chi connectivity index (χ2v) is 6.05. The Kier molecular flexibility index (Phi) is 4.28. The van der Waals surface area contributed by atoms with Crippen molar-refractivity contribution in [1.82, 2.24) is 5.32 Å². The zero-order valence-electron chi connectivity index (χ0n) is 10.9. The summed E-state index contributed by atoms with van der Waals surface area (Å²) in [6.07, 6.45) is 0. The normalized spacial score (nSPS) is 20.1. The fraction of sp³-hybridized carbons (Fsp3) is 0.188. The molecule has 102 valence electrons. The predicted molar refractivity (Wildman–Crippen MR) is 87.4 cm³/mol. The molecule has 2 aromatic rings. The second kappa shape index (κ2) is 6.33. The van der Waals surface area contributed by atoms with Gasteiger partial charge < -0.3 is 5.32 Å². The first kappa shape index (κ1) is 13.5. The van der Waals surface area contributed by atoms with Gasteiger partial charge in [0.25, 0.3) is 0 Å². The lowest BCUT2D eigenvalue weighted by atomic mass is 10.1. The van der Waals surface area contributed by atoms with E-state index in [0.29, 0.717) is 12.6 Å². The van der Waals surface area contributed by atoms with Gasteiger partial charge in [-0.25, -0.2) is 0 Å². The summed E-state index contributed by atoms with van der Waals surface area (Å²) in [6, 6.07) is 18.7. The standard InChI is InChI=1S/C16H15ClN2S/c17-14-9-5-4-8-13(14)10-18-16-19-15(11-20-16)12-6-2-1-3-7-12/h1-9,15H,10-11H2,(H,18,19). The monoisotopic (exact) mass is 302 g/mol. The van der Waals surface area contributed by atoms with E-state index in [1.807, 2.05) is 30.3 Å². The van der Waals surface area contributed by atoms with Crippen molar-refractivity contribution in [2.75, 3.05) is 5.75 Å². The molecule has 1 saturated heterocycles. The highest BCUT2D eigenvalue weighted by Crippen LogP contribution is 2.26. The van der Waals surface area contributed by atoms with Crippen molar-refractivity contribution in [3.8, 4) is 0 Å². The quantitative estimate of drug-likeness (QED) is 0.915. The Morgan fingerprint density at radius 1 is 1.10 bits per heavy atom. The van der Waals surface area contributed by atoms with Crippen molar-refractivity contribution in [3.05, 3.63) is 70.7 Å². The van der Waals surface area contributed by atoms with Crippen LogP contribution < -0.4 is 5.32 Å². The van der Waals surface area contributed by atoms with Crippen LogP contribution in [0.5, 0.6) is 0 Å². The number of amidine groups is 1. The molecule has 1 atom stereocenters. The largest absolute Gasteiger partial charge is 0.357 e. The van der Waals surface area contributed by atoms with Gasteiger partial charge in [0.15, 0.2) is 5.17 Å². The Hall–Kier alpha value is -1.45. The zero-order valence-corrected chi connectivity index (χ0v) is 12.5. The van der Waals surface area contributed by atoms with E-state index in [1.165, 1.54) is 5.56 Å².